The zero-order valence-corrected chi connectivity index (χ0v) is 11.4. The summed E-state index contributed by atoms with van der Waals surface area (Å²) >= 11 is 0. The number of nitriles is 1. The van der Waals surface area contributed by atoms with Gasteiger partial charge in [-0.1, -0.05) is 0 Å². The lowest BCUT2D eigenvalue weighted by Gasteiger charge is -2.31. The van der Waals surface area contributed by atoms with Crippen molar-refractivity contribution < 1.29 is 9.59 Å². The zero-order chi connectivity index (χ0) is 14.5. The van der Waals surface area contributed by atoms with Crippen LogP contribution in [0.2, 0.25) is 0 Å². The summed E-state index contributed by atoms with van der Waals surface area (Å²) < 4.78 is 0. The van der Waals surface area contributed by atoms with E-state index in [0.717, 1.165) is 12.8 Å². The van der Waals surface area contributed by atoms with Gasteiger partial charge in [-0.25, -0.2) is 0 Å². The highest BCUT2D eigenvalue weighted by atomic mass is 16.2. The average Bonchev–Trinajstić information content (AvgIpc) is 2.48. The molecule has 1 aromatic carbocycles. The Labute approximate surface area is 118 Å². The van der Waals surface area contributed by atoms with Crippen molar-refractivity contribution in [2.75, 3.05) is 13.1 Å². The third-order valence-corrected chi connectivity index (χ3v) is 3.55. The van der Waals surface area contributed by atoms with Crippen molar-refractivity contribution in [2.45, 2.75) is 25.8 Å². The van der Waals surface area contributed by atoms with Crippen molar-refractivity contribution >= 4 is 11.8 Å². The maximum absolute atomic E-state index is 12.1. The molecule has 1 aliphatic rings. The molecule has 0 atom stereocenters. The predicted octanol–water partition coefficient (Wildman–Crippen LogP) is 1.30. The molecule has 0 aromatic heterocycles. The molecule has 2 rings (SSSR count). The van der Waals surface area contributed by atoms with E-state index in [2.05, 4.69) is 5.32 Å². The van der Waals surface area contributed by atoms with E-state index in [9.17, 15) is 9.59 Å². The molecule has 20 heavy (non-hydrogen) atoms. The summed E-state index contributed by atoms with van der Waals surface area (Å²) in [6.07, 6.45) is 1.56. The van der Waals surface area contributed by atoms with Gasteiger partial charge in [0.2, 0.25) is 5.91 Å². The Kier molecular flexibility index (Phi) is 4.36. The zero-order valence-electron chi connectivity index (χ0n) is 11.4. The lowest BCUT2D eigenvalue weighted by Crippen LogP contribution is -2.45. The molecule has 1 aliphatic heterocycles. The van der Waals surface area contributed by atoms with Crippen molar-refractivity contribution in [3.63, 3.8) is 0 Å². The molecule has 0 bridgehead atoms. The minimum absolute atomic E-state index is 0.0851. The van der Waals surface area contributed by atoms with E-state index in [1.54, 1.807) is 36.1 Å². The van der Waals surface area contributed by atoms with Crippen LogP contribution in [-0.2, 0) is 4.79 Å². The van der Waals surface area contributed by atoms with Crippen molar-refractivity contribution in [3.05, 3.63) is 35.4 Å². The molecule has 0 aliphatic carbocycles. The number of hydrogen-bond acceptors (Lipinski definition) is 3. The molecule has 2 amide bonds. The van der Waals surface area contributed by atoms with Gasteiger partial charge in [0.05, 0.1) is 11.6 Å². The SMILES string of the molecule is CC(=O)N1CCC(NC(=O)c2ccc(C#N)cc2)CC1. The molecule has 1 saturated heterocycles. The number of nitrogens with one attached hydrogen (secondary N) is 1. The first-order valence-electron chi connectivity index (χ1n) is 6.66. The van der Waals surface area contributed by atoms with Crippen LogP contribution in [0.5, 0.6) is 0 Å². The minimum atomic E-state index is -0.129. The molecule has 0 radical (unpaired) electrons. The van der Waals surface area contributed by atoms with Gasteiger partial charge in [0.15, 0.2) is 0 Å². The number of carbonyl (C=O) groups excluding carboxylic acids is 2. The van der Waals surface area contributed by atoms with E-state index in [0.29, 0.717) is 24.2 Å². The lowest BCUT2D eigenvalue weighted by molar-refractivity contribution is -0.129. The maximum atomic E-state index is 12.1. The number of piperidine rings is 1. The third kappa shape index (κ3) is 3.35. The Bertz CT molecular complexity index is 537. The fraction of sp³-hybridized carbons (Fsp3) is 0.400. The Balaban J connectivity index is 1.89. The third-order valence-electron chi connectivity index (χ3n) is 3.55. The van der Waals surface area contributed by atoms with Crippen molar-refractivity contribution in [1.82, 2.24) is 10.2 Å². The summed E-state index contributed by atoms with van der Waals surface area (Å²) in [5.41, 5.74) is 1.09. The van der Waals surface area contributed by atoms with Gasteiger partial charge in [0, 0.05) is 31.6 Å². The van der Waals surface area contributed by atoms with Crippen LogP contribution in [0.1, 0.15) is 35.7 Å². The van der Waals surface area contributed by atoms with Gasteiger partial charge in [0.1, 0.15) is 0 Å². The van der Waals surface area contributed by atoms with E-state index in [4.69, 9.17) is 5.26 Å². The van der Waals surface area contributed by atoms with Crippen molar-refractivity contribution in [2.24, 2.45) is 0 Å². The van der Waals surface area contributed by atoms with Crippen LogP contribution in [0.25, 0.3) is 0 Å². The summed E-state index contributed by atoms with van der Waals surface area (Å²) in [7, 11) is 0. The van der Waals surface area contributed by atoms with Gasteiger partial charge in [-0.2, -0.15) is 5.26 Å². The number of benzene rings is 1. The first kappa shape index (κ1) is 14.1. The van der Waals surface area contributed by atoms with Gasteiger partial charge in [-0.05, 0) is 37.1 Å². The summed E-state index contributed by atoms with van der Waals surface area (Å²) in [6, 6.07) is 8.69. The minimum Gasteiger partial charge on any atom is -0.349 e. The smallest absolute Gasteiger partial charge is 0.251 e. The molecule has 0 saturated carbocycles. The Morgan fingerprint density at radius 2 is 1.85 bits per heavy atom. The molecule has 1 fully saturated rings. The Hall–Kier alpha value is -2.35. The molecule has 5 nitrogen and oxygen atoms in total. The van der Waals surface area contributed by atoms with Crippen LogP contribution in [0.3, 0.4) is 0 Å². The molecule has 5 heteroatoms. The highest BCUT2D eigenvalue weighted by molar-refractivity contribution is 5.94. The summed E-state index contributed by atoms with van der Waals surface area (Å²) in [5, 5.41) is 11.7. The highest BCUT2D eigenvalue weighted by Gasteiger charge is 2.22. The molecule has 1 N–H and O–H groups in total. The number of hydrogen-bond donors (Lipinski definition) is 1. The first-order chi connectivity index (χ1) is 9.60. The number of likely N-dealkylation sites (tertiary alicyclic amines) is 1. The van der Waals surface area contributed by atoms with Crippen LogP contribution in [0.4, 0.5) is 0 Å². The van der Waals surface area contributed by atoms with Crippen LogP contribution in [0.15, 0.2) is 24.3 Å². The monoisotopic (exact) mass is 271 g/mol. The van der Waals surface area contributed by atoms with Gasteiger partial charge in [-0.3, -0.25) is 9.59 Å². The molecule has 1 heterocycles. The van der Waals surface area contributed by atoms with E-state index >= 15 is 0 Å². The summed E-state index contributed by atoms with van der Waals surface area (Å²) in [4.78, 5) is 25.1. The largest absolute Gasteiger partial charge is 0.349 e. The summed E-state index contributed by atoms with van der Waals surface area (Å²) in [5.74, 6) is -0.0439. The van der Waals surface area contributed by atoms with Gasteiger partial charge < -0.3 is 10.2 Å². The Morgan fingerprint density at radius 1 is 1.25 bits per heavy atom. The topological polar surface area (TPSA) is 73.2 Å². The van der Waals surface area contributed by atoms with E-state index in [1.807, 2.05) is 6.07 Å². The number of amides is 2. The van der Waals surface area contributed by atoms with E-state index in [1.165, 1.54) is 0 Å². The average molecular weight is 271 g/mol. The highest BCUT2D eigenvalue weighted by Crippen LogP contribution is 2.11. The Morgan fingerprint density at radius 3 is 2.35 bits per heavy atom. The number of nitrogens with zero attached hydrogens (tertiary/aromatic N) is 2. The van der Waals surface area contributed by atoms with E-state index in [-0.39, 0.29) is 17.9 Å². The van der Waals surface area contributed by atoms with Gasteiger partial charge >= 0.3 is 0 Å². The quantitative estimate of drug-likeness (QED) is 0.881. The molecule has 0 spiro atoms. The van der Waals surface area contributed by atoms with Gasteiger partial charge in [0.25, 0.3) is 5.91 Å². The second-order valence-electron chi connectivity index (χ2n) is 4.94. The molecular formula is C15H17N3O2. The summed E-state index contributed by atoms with van der Waals surface area (Å²) in [6.45, 7) is 2.94. The molecule has 0 unspecified atom stereocenters. The molecular weight excluding hydrogens is 254 g/mol. The molecule has 1 aromatic rings. The van der Waals surface area contributed by atoms with E-state index < -0.39 is 0 Å². The van der Waals surface area contributed by atoms with Gasteiger partial charge in [-0.15, -0.1) is 0 Å². The first-order valence-corrected chi connectivity index (χ1v) is 6.66. The number of rotatable bonds is 2. The fourth-order valence-electron chi connectivity index (χ4n) is 2.30. The van der Waals surface area contributed by atoms with Crippen molar-refractivity contribution in [3.8, 4) is 6.07 Å². The lowest BCUT2D eigenvalue weighted by atomic mass is 10.0. The van der Waals surface area contributed by atoms with Crippen LogP contribution in [0, 0.1) is 11.3 Å². The maximum Gasteiger partial charge on any atom is 0.251 e. The van der Waals surface area contributed by atoms with Crippen LogP contribution < -0.4 is 5.32 Å². The normalized spacial score (nSPS) is 15.5. The fourth-order valence-corrected chi connectivity index (χ4v) is 2.30. The standard InChI is InChI=1S/C15H17N3O2/c1-11(19)18-8-6-14(7-9-18)17-15(20)13-4-2-12(10-16)3-5-13/h2-5,14H,6-9H2,1H3,(H,17,20). The van der Waals surface area contributed by atoms with Crippen molar-refractivity contribution in [1.29, 1.82) is 5.26 Å². The van der Waals surface area contributed by atoms with Crippen LogP contribution >= 0.6 is 0 Å². The second kappa shape index (κ2) is 6.20. The molecule has 104 valence electrons. The van der Waals surface area contributed by atoms with Crippen LogP contribution in [-0.4, -0.2) is 35.8 Å². The second-order valence-corrected chi connectivity index (χ2v) is 4.94. The number of carbonyl (C=O) groups is 2. The predicted molar refractivity (Wildman–Crippen MR) is 73.9 cm³/mol.